The second kappa shape index (κ2) is 9.61. The van der Waals surface area contributed by atoms with Crippen molar-refractivity contribution in [2.24, 2.45) is 11.5 Å². The van der Waals surface area contributed by atoms with Crippen molar-refractivity contribution in [2.75, 3.05) is 0 Å². The molecule has 14 nitrogen and oxygen atoms in total. The first-order valence-corrected chi connectivity index (χ1v) is 8.50. The zero-order chi connectivity index (χ0) is 21.6. The minimum absolute atomic E-state index is 0.124. The molecule has 2 aromatic rings. The number of hydrogen-bond acceptors (Lipinski definition) is 9. The number of hydrogen-bond donors (Lipinski definition) is 7. The van der Waals surface area contributed by atoms with Crippen LogP contribution in [0.5, 0.6) is 0 Å². The van der Waals surface area contributed by atoms with Gasteiger partial charge in [0, 0.05) is 18.3 Å². The molecule has 0 aliphatic carbocycles. The van der Waals surface area contributed by atoms with Gasteiger partial charge in [0.15, 0.2) is 11.9 Å². The largest absolute Gasteiger partial charge is 0.480 e. The molecule has 158 valence electrons. The SMILES string of the molecule is CC(O)[C@H](NC(=O)N[C@@H](CC(N)=O)c1nc([C@@H](N)Cc2cnc[nH]2)no1)C(=O)O. The lowest BCUT2D eigenvalue weighted by molar-refractivity contribution is -0.141. The van der Waals surface area contributed by atoms with E-state index in [0.717, 1.165) is 5.69 Å². The second-order valence-electron chi connectivity index (χ2n) is 6.28. The summed E-state index contributed by atoms with van der Waals surface area (Å²) in [6.45, 7) is 1.20. The van der Waals surface area contributed by atoms with Crippen molar-refractivity contribution in [1.29, 1.82) is 0 Å². The Morgan fingerprint density at radius 1 is 1.34 bits per heavy atom. The number of nitrogens with one attached hydrogen (secondary N) is 3. The number of urea groups is 1. The number of aromatic amines is 1. The Kier molecular flexibility index (Phi) is 7.21. The molecule has 0 saturated carbocycles. The maximum atomic E-state index is 12.1. The fourth-order valence-electron chi connectivity index (χ4n) is 2.40. The fourth-order valence-corrected chi connectivity index (χ4v) is 2.40. The molecule has 4 atom stereocenters. The number of nitrogens with two attached hydrogens (primary N) is 2. The van der Waals surface area contributed by atoms with E-state index in [-0.39, 0.29) is 11.7 Å². The van der Waals surface area contributed by atoms with Gasteiger partial charge in [-0.1, -0.05) is 5.16 Å². The van der Waals surface area contributed by atoms with Gasteiger partial charge in [0.1, 0.15) is 6.04 Å². The summed E-state index contributed by atoms with van der Waals surface area (Å²) in [4.78, 5) is 45.4. The Bertz CT molecular complexity index is 836. The Hall–Kier alpha value is -3.52. The van der Waals surface area contributed by atoms with Crippen molar-refractivity contribution in [2.45, 2.75) is 44.0 Å². The van der Waals surface area contributed by atoms with Crippen LogP contribution >= 0.6 is 0 Å². The van der Waals surface area contributed by atoms with Gasteiger partial charge in [-0.15, -0.1) is 0 Å². The molecule has 2 aromatic heterocycles. The number of rotatable bonds is 10. The van der Waals surface area contributed by atoms with Crippen molar-refractivity contribution >= 4 is 17.9 Å². The van der Waals surface area contributed by atoms with Crippen molar-refractivity contribution in [3.8, 4) is 0 Å². The smallest absolute Gasteiger partial charge is 0.328 e. The molecule has 0 aromatic carbocycles. The number of aliphatic hydroxyl groups is 1. The minimum atomic E-state index is -1.56. The molecule has 14 heteroatoms. The highest BCUT2D eigenvalue weighted by molar-refractivity contribution is 5.83. The van der Waals surface area contributed by atoms with Crippen LogP contribution in [0.3, 0.4) is 0 Å². The third kappa shape index (κ3) is 6.25. The Morgan fingerprint density at radius 3 is 2.62 bits per heavy atom. The zero-order valence-electron chi connectivity index (χ0n) is 15.4. The van der Waals surface area contributed by atoms with E-state index in [0.29, 0.717) is 6.42 Å². The third-order valence-corrected chi connectivity index (χ3v) is 3.83. The van der Waals surface area contributed by atoms with E-state index in [9.17, 15) is 19.5 Å². The van der Waals surface area contributed by atoms with Gasteiger partial charge in [0.25, 0.3) is 0 Å². The summed E-state index contributed by atoms with van der Waals surface area (Å²) >= 11 is 0. The van der Waals surface area contributed by atoms with E-state index < -0.39 is 48.6 Å². The second-order valence-corrected chi connectivity index (χ2v) is 6.28. The Morgan fingerprint density at radius 2 is 2.07 bits per heavy atom. The normalized spacial score (nSPS) is 15.1. The Labute approximate surface area is 164 Å². The molecule has 1 unspecified atom stereocenters. The summed E-state index contributed by atoms with van der Waals surface area (Å²) in [5, 5.41) is 26.6. The van der Waals surface area contributed by atoms with E-state index in [1.54, 1.807) is 6.20 Å². The van der Waals surface area contributed by atoms with Crippen molar-refractivity contribution in [3.05, 3.63) is 29.9 Å². The molecule has 0 aliphatic heterocycles. The number of primary amides is 1. The summed E-state index contributed by atoms with van der Waals surface area (Å²) < 4.78 is 5.09. The van der Waals surface area contributed by atoms with Crippen LogP contribution < -0.4 is 22.1 Å². The van der Waals surface area contributed by atoms with Crippen molar-refractivity contribution < 1.29 is 29.1 Å². The van der Waals surface area contributed by atoms with Gasteiger partial charge in [-0.05, 0) is 6.92 Å². The van der Waals surface area contributed by atoms with E-state index in [1.165, 1.54) is 13.3 Å². The van der Waals surface area contributed by atoms with Crippen LogP contribution in [0, 0.1) is 0 Å². The maximum absolute atomic E-state index is 12.1. The van der Waals surface area contributed by atoms with Gasteiger partial charge < -0.3 is 41.8 Å². The molecule has 0 spiro atoms. The van der Waals surface area contributed by atoms with Gasteiger partial charge in [-0.3, -0.25) is 4.79 Å². The fraction of sp³-hybridized carbons (Fsp3) is 0.467. The van der Waals surface area contributed by atoms with Gasteiger partial charge >= 0.3 is 12.0 Å². The lowest BCUT2D eigenvalue weighted by Crippen LogP contribution is -2.52. The monoisotopic (exact) mass is 410 g/mol. The van der Waals surface area contributed by atoms with E-state index in [2.05, 4.69) is 30.7 Å². The molecule has 3 amide bonds. The summed E-state index contributed by atoms with van der Waals surface area (Å²) in [5.41, 5.74) is 12.0. The highest BCUT2D eigenvalue weighted by atomic mass is 16.5. The van der Waals surface area contributed by atoms with E-state index in [1.807, 2.05) is 0 Å². The molecule has 0 radical (unpaired) electrons. The number of H-pyrrole nitrogens is 1. The molecule has 0 bridgehead atoms. The Balaban J connectivity index is 2.09. The maximum Gasteiger partial charge on any atom is 0.328 e. The molecular formula is C15H22N8O6. The van der Waals surface area contributed by atoms with Crippen LogP contribution in [-0.2, 0) is 16.0 Å². The van der Waals surface area contributed by atoms with Gasteiger partial charge in [-0.25, -0.2) is 14.6 Å². The third-order valence-electron chi connectivity index (χ3n) is 3.83. The molecule has 9 N–H and O–H groups in total. The van der Waals surface area contributed by atoms with Crippen LogP contribution in [0.2, 0.25) is 0 Å². The zero-order valence-corrected chi connectivity index (χ0v) is 15.4. The number of amides is 3. The predicted molar refractivity (Wildman–Crippen MR) is 94.8 cm³/mol. The van der Waals surface area contributed by atoms with Crippen LogP contribution in [-0.4, -0.2) is 60.4 Å². The average molecular weight is 410 g/mol. The topological polar surface area (TPSA) is 235 Å². The number of aliphatic carboxylic acids is 1. The number of carboxylic acids is 1. The number of aromatic nitrogens is 4. The summed E-state index contributed by atoms with van der Waals surface area (Å²) in [5.74, 6) is -2.23. The first-order valence-electron chi connectivity index (χ1n) is 8.50. The number of aliphatic hydroxyl groups excluding tert-OH is 1. The van der Waals surface area contributed by atoms with Crippen LogP contribution in [0.25, 0.3) is 0 Å². The van der Waals surface area contributed by atoms with Gasteiger partial charge in [0.05, 0.1) is 24.9 Å². The number of nitrogens with zero attached hydrogens (tertiary/aromatic N) is 3. The number of carbonyl (C=O) groups excluding carboxylic acids is 2. The first-order chi connectivity index (χ1) is 13.7. The summed E-state index contributed by atoms with van der Waals surface area (Å²) in [7, 11) is 0. The van der Waals surface area contributed by atoms with Gasteiger partial charge in [0.2, 0.25) is 11.8 Å². The number of imidazole rings is 1. The summed E-state index contributed by atoms with van der Waals surface area (Å²) in [6.07, 6.45) is 1.67. The van der Waals surface area contributed by atoms with E-state index >= 15 is 0 Å². The highest BCUT2D eigenvalue weighted by Gasteiger charge is 2.29. The molecular weight excluding hydrogens is 388 g/mol. The molecule has 0 fully saturated rings. The van der Waals surface area contributed by atoms with Crippen molar-refractivity contribution in [1.82, 2.24) is 30.7 Å². The quantitative estimate of drug-likeness (QED) is 0.229. The molecule has 0 aliphatic rings. The van der Waals surface area contributed by atoms with E-state index in [4.69, 9.17) is 21.1 Å². The molecule has 29 heavy (non-hydrogen) atoms. The van der Waals surface area contributed by atoms with Gasteiger partial charge in [-0.2, -0.15) is 4.98 Å². The first kappa shape index (κ1) is 21.8. The summed E-state index contributed by atoms with van der Waals surface area (Å²) in [6, 6.07) is -4.32. The molecule has 0 saturated heterocycles. The average Bonchev–Trinajstić information content (AvgIpc) is 3.29. The van der Waals surface area contributed by atoms with Crippen LogP contribution in [0.4, 0.5) is 4.79 Å². The predicted octanol–water partition coefficient (Wildman–Crippen LogP) is -1.92. The van der Waals surface area contributed by atoms with Crippen LogP contribution in [0.15, 0.2) is 17.0 Å². The molecule has 2 heterocycles. The van der Waals surface area contributed by atoms with Crippen LogP contribution in [0.1, 0.15) is 42.8 Å². The van der Waals surface area contributed by atoms with Crippen molar-refractivity contribution in [3.63, 3.8) is 0 Å². The lowest BCUT2D eigenvalue weighted by atomic mass is 10.1. The highest BCUT2D eigenvalue weighted by Crippen LogP contribution is 2.18. The lowest BCUT2D eigenvalue weighted by Gasteiger charge is -2.19. The number of carbonyl (C=O) groups is 3. The minimum Gasteiger partial charge on any atom is -0.480 e. The molecule has 2 rings (SSSR count). The standard InChI is InChI=1S/C15H22N8O6/c1-6(24)11(14(26)27)21-15(28)20-9(3-10(17)25)13-22-12(23-29-13)8(16)2-7-4-18-5-19-7/h4-6,8-9,11,24H,2-3,16H2,1H3,(H2,17,25)(H,18,19)(H,26,27)(H2,20,21,28)/t6?,8-,9-,11-/m0/s1. The number of carboxylic acid groups (broad SMARTS) is 1.